The summed E-state index contributed by atoms with van der Waals surface area (Å²) in [6, 6.07) is 2.44. The van der Waals surface area contributed by atoms with Crippen molar-refractivity contribution in [1.82, 2.24) is 5.01 Å². The van der Waals surface area contributed by atoms with Crippen LogP contribution >= 0.6 is 23.8 Å². The van der Waals surface area contributed by atoms with Crippen molar-refractivity contribution >= 4 is 46.8 Å². The van der Waals surface area contributed by atoms with Gasteiger partial charge in [0.25, 0.3) is 0 Å². The van der Waals surface area contributed by atoms with Crippen molar-refractivity contribution in [2.45, 2.75) is 44.6 Å². The molecule has 0 atom stereocenters. The number of ether oxygens (including phenoxy) is 1. The number of nitrogens with one attached hydrogen (secondary N) is 1. The number of hydrogen-bond donors (Lipinski definition) is 1. The number of rotatable bonds is 3. The molecule has 0 unspecified atom stereocenters. The van der Waals surface area contributed by atoms with Crippen molar-refractivity contribution in [3.05, 3.63) is 28.5 Å². The van der Waals surface area contributed by atoms with Crippen LogP contribution in [0.2, 0.25) is 5.02 Å². The van der Waals surface area contributed by atoms with Gasteiger partial charge in [-0.05, 0) is 62.9 Å². The lowest BCUT2D eigenvalue weighted by Gasteiger charge is -2.23. The summed E-state index contributed by atoms with van der Waals surface area (Å²) in [5, 5.41) is 8.84. The molecule has 1 saturated carbocycles. The maximum absolute atomic E-state index is 14.2. The van der Waals surface area contributed by atoms with E-state index in [9.17, 15) is 9.18 Å². The number of hydrogen-bond acceptors (Lipinski definition) is 4. The predicted molar refractivity (Wildman–Crippen MR) is 99.7 cm³/mol. The molecule has 2 aliphatic rings. The normalized spacial score (nSPS) is 17.6. The van der Waals surface area contributed by atoms with Crippen molar-refractivity contribution in [3.63, 3.8) is 0 Å². The van der Waals surface area contributed by atoms with Crippen LogP contribution in [0.3, 0.4) is 0 Å². The number of anilines is 1. The Morgan fingerprint density at radius 2 is 2.12 bits per heavy atom. The highest BCUT2D eigenvalue weighted by atomic mass is 35.5. The van der Waals surface area contributed by atoms with E-state index in [2.05, 4.69) is 10.4 Å². The van der Waals surface area contributed by atoms with Crippen molar-refractivity contribution < 1.29 is 13.9 Å². The molecule has 0 spiro atoms. The minimum Gasteiger partial charge on any atom is -0.459 e. The van der Waals surface area contributed by atoms with Gasteiger partial charge in [0.1, 0.15) is 11.9 Å². The molecule has 0 saturated heterocycles. The van der Waals surface area contributed by atoms with Gasteiger partial charge in [-0.15, -0.1) is 0 Å². The topological polar surface area (TPSA) is 53.9 Å². The maximum atomic E-state index is 14.2. The smallest absolute Gasteiger partial charge is 0.340 e. The molecule has 25 heavy (non-hydrogen) atoms. The van der Waals surface area contributed by atoms with E-state index in [0.717, 1.165) is 44.6 Å². The highest BCUT2D eigenvalue weighted by molar-refractivity contribution is 7.80. The third-order valence-corrected chi connectivity index (χ3v) is 4.88. The monoisotopic (exact) mass is 383 g/mol. The minimum absolute atomic E-state index is 0.0213. The zero-order valence-electron chi connectivity index (χ0n) is 13.6. The number of carbonyl (C=O) groups is 1. The van der Waals surface area contributed by atoms with Crippen LogP contribution in [-0.2, 0) is 4.74 Å². The second-order valence-electron chi connectivity index (χ2n) is 6.12. The average Bonchev–Trinajstić information content (AvgIpc) is 3.10. The van der Waals surface area contributed by atoms with Gasteiger partial charge in [-0.25, -0.2) is 14.2 Å². The summed E-state index contributed by atoms with van der Waals surface area (Å²) in [4.78, 5) is 12.3. The SMILES string of the molecule is O=C(OC1CCCC1)c1cc(NC(=S)N2CCCC=N2)c(F)cc1Cl. The van der Waals surface area contributed by atoms with Crippen LogP contribution in [0.25, 0.3) is 0 Å². The summed E-state index contributed by atoms with van der Waals surface area (Å²) in [5.41, 5.74) is 0.205. The molecule has 0 bridgehead atoms. The molecule has 0 radical (unpaired) electrons. The minimum atomic E-state index is -0.592. The first kappa shape index (κ1) is 18.1. The highest BCUT2D eigenvalue weighted by Gasteiger charge is 2.23. The van der Waals surface area contributed by atoms with Crippen molar-refractivity contribution in [1.29, 1.82) is 0 Å². The lowest BCUT2D eigenvalue weighted by molar-refractivity contribution is 0.0318. The van der Waals surface area contributed by atoms with Crippen LogP contribution in [0.15, 0.2) is 17.2 Å². The Balaban J connectivity index is 1.75. The standard InChI is InChI=1S/C17H19ClFN3O2S/c18-13-10-14(19)15(21-17(25)22-8-4-3-7-20-22)9-12(13)16(23)24-11-5-1-2-6-11/h7,9-11H,1-6,8H2,(H,21,25). The Bertz CT molecular complexity index is 707. The Morgan fingerprint density at radius 1 is 1.36 bits per heavy atom. The largest absolute Gasteiger partial charge is 0.459 e. The van der Waals surface area contributed by atoms with Crippen molar-refractivity contribution in [3.8, 4) is 0 Å². The van der Waals surface area contributed by atoms with Crippen LogP contribution < -0.4 is 5.32 Å². The second kappa shape index (κ2) is 8.10. The summed E-state index contributed by atoms with van der Waals surface area (Å²) in [6.07, 6.45) is 7.30. The second-order valence-corrected chi connectivity index (χ2v) is 6.91. The van der Waals surface area contributed by atoms with E-state index in [1.807, 2.05) is 0 Å². The number of benzene rings is 1. The summed E-state index contributed by atoms with van der Waals surface area (Å²) in [7, 11) is 0. The van der Waals surface area contributed by atoms with Crippen LogP contribution in [0.4, 0.5) is 10.1 Å². The molecule has 5 nitrogen and oxygen atoms in total. The quantitative estimate of drug-likeness (QED) is 0.621. The lowest BCUT2D eigenvalue weighted by atomic mass is 10.2. The molecule has 8 heteroatoms. The van der Waals surface area contributed by atoms with Crippen molar-refractivity contribution in [2.24, 2.45) is 5.10 Å². The molecular formula is C17H19ClFN3O2S. The molecule has 1 fully saturated rings. The van der Waals surface area contributed by atoms with E-state index in [1.54, 1.807) is 11.2 Å². The fourth-order valence-electron chi connectivity index (χ4n) is 2.90. The zero-order chi connectivity index (χ0) is 17.8. The zero-order valence-corrected chi connectivity index (χ0v) is 15.2. The first-order chi connectivity index (χ1) is 12.0. The number of esters is 1. The van der Waals surface area contributed by atoms with Crippen molar-refractivity contribution in [2.75, 3.05) is 11.9 Å². The molecule has 1 N–H and O–H groups in total. The number of nitrogens with zero attached hydrogens (tertiary/aromatic N) is 2. The fourth-order valence-corrected chi connectivity index (χ4v) is 3.38. The molecule has 3 rings (SSSR count). The van der Waals surface area contributed by atoms with Gasteiger partial charge in [0.15, 0.2) is 5.11 Å². The first-order valence-corrected chi connectivity index (χ1v) is 9.14. The Morgan fingerprint density at radius 3 is 2.80 bits per heavy atom. The number of halogens is 2. The Hall–Kier alpha value is -1.73. The molecule has 1 aromatic rings. The van der Waals surface area contributed by atoms with E-state index in [1.165, 1.54) is 6.07 Å². The molecule has 1 heterocycles. The molecule has 1 aromatic carbocycles. The molecule has 0 amide bonds. The van der Waals surface area contributed by atoms with Gasteiger partial charge in [-0.1, -0.05) is 11.6 Å². The van der Waals surface area contributed by atoms with E-state index in [0.29, 0.717) is 6.54 Å². The molecular weight excluding hydrogens is 365 g/mol. The van der Waals surface area contributed by atoms with Crippen LogP contribution in [-0.4, -0.2) is 35.0 Å². The van der Waals surface area contributed by atoms with Gasteiger partial charge in [-0.3, -0.25) is 0 Å². The molecule has 1 aliphatic heterocycles. The van der Waals surface area contributed by atoms with Gasteiger partial charge in [-0.2, -0.15) is 5.10 Å². The van der Waals surface area contributed by atoms with Crippen LogP contribution in [0.5, 0.6) is 0 Å². The van der Waals surface area contributed by atoms with Gasteiger partial charge in [0.05, 0.1) is 16.3 Å². The van der Waals surface area contributed by atoms with Gasteiger partial charge >= 0.3 is 5.97 Å². The van der Waals surface area contributed by atoms with E-state index in [-0.39, 0.29) is 27.5 Å². The van der Waals surface area contributed by atoms with Gasteiger partial charge in [0, 0.05) is 12.8 Å². The summed E-state index contributed by atoms with van der Waals surface area (Å²) >= 11 is 11.3. The van der Waals surface area contributed by atoms with E-state index < -0.39 is 11.8 Å². The summed E-state index contributed by atoms with van der Waals surface area (Å²) in [5.74, 6) is -1.13. The maximum Gasteiger partial charge on any atom is 0.340 e. The third kappa shape index (κ3) is 4.46. The lowest BCUT2D eigenvalue weighted by Crippen LogP contribution is -2.33. The highest BCUT2D eigenvalue weighted by Crippen LogP contribution is 2.28. The molecule has 0 aromatic heterocycles. The number of thiocarbonyl (C=S) groups is 1. The molecule has 134 valence electrons. The Kier molecular flexibility index (Phi) is 5.86. The number of hydrazone groups is 1. The number of carbonyl (C=O) groups excluding carboxylic acids is 1. The van der Waals surface area contributed by atoms with E-state index in [4.69, 9.17) is 28.6 Å². The first-order valence-electron chi connectivity index (χ1n) is 8.35. The predicted octanol–water partition coefficient (Wildman–Crippen LogP) is 4.36. The van der Waals surface area contributed by atoms with Crippen LogP contribution in [0.1, 0.15) is 48.9 Å². The average molecular weight is 384 g/mol. The molecule has 1 aliphatic carbocycles. The third-order valence-electron chi connectivity index (χ3n) is 4.25. The Labute approximate surface area is 156 Å². The van der Waals surface area contributed by atoms with E-state index >= 15 is 0 Å². The fraction of sp³-hybridized carbons (Fsp3) is 0.471. The summed E-state index contributed by atoms with van der Waals surface area (Å²) in [6.45, 7) is 0.661. The van der Waals surface area contributed by atoms with Crippen LogP contribution in [0, 0.1) is 5.82 Å². The van der Waals surface area contributed by atoms with Gasteiger partial charge in [0.2, 0.25) is 0 Å². The van der Waals surface area contributed by atoms with Gasteiger partial charge < -0.3 is 10.1 Å². The summed E-state index contributed by atoms with van der Waals surface area (Å²) < 4.78 is 19.7.